The second-order valence-corrected chi connectivity index (χ2v) is 4.45. The highest BCUT2D eigenvalue weighted by atomic mass is 32.2. The lowest BCUT2D eigenvalue weighted by Gasteiger charge is -2.20. The number of rotatable bonds is 4. The van der Waals surface area contributed by atoms with Crippen LogP contribution >= 0.6 is 11.8 Å². The van der Waals surface area contributed by atoms with Gasteiger partial charge in [0.2, 0.25) is 0 Å². The Morgan fingerprint density at radius 3 is 3.09 bits per heavy atom. The standard InChI is InChI=1S/C10H18S/c1-2-3-4-6-10-7-5-8-11-9-10/h2,10H,1,3-9H2. The first-order valence-electron chi connectivity index (χ1n) is 4.62. The van der Waals surface area contributed by atoms with Crippen LogP contribution in [0.5, 0.6) is 0 Å². The highest BCUT2D eigenvalue weighted by Gasteiger charge is 2.12. The highest BCUT2D eigenvalue weighted by molar-refractivity contribution is 7.99. The van der Waals surface area contributed by atoms with Gasteiger partial charge in [0.1, 0.15) is 0 Å². The van der Waals surface area contributed by atoms with Gasteiger partial charge in [-0.15, -0.1) is 6.58 Å². The minimum Gasteiger partial charge on any atom is -0.162 e. The highest BCUT2D eigenvalue weighted by Crippen LogP contribution is 2.26. The molecule has 64 valence electrons. The molecule has 0 aromatic rings. The Hall–Kier alpha value is 0.0900. The summed E-state index contributed by atoms with van der Waals surface area (Å²) >= 11 is 2.14. The molecule has 1 aliphatic heterocycles. The molecule has 1 saturated heterocycles. The van der Waals surface area contributed by atoms with E-state index in [0.29, 0.717) is 0 Å². The van der Waals surface area contributed by atoms with Gasteiger partial charge in [-0.3, -0.25) is 0 Å². The van der Waals surface area contributed by atoms with E-state index in [2.05, 4.69) is 18.3 Å². The summed E-state index contributed by atoms with van der Waals surface area (Å²) in [6, 6.07) is 0. The molecule has 0 radical (unpaired) electrons. The second kappa shape index (κ2) is 5.70. The summed E-state index contributed by atoms with van der Waals surface area (Å²) in [6.07, 6.45) is 8.96. The molecule has 0 aromatic carbocycles. The number of thioether (sulfide) groups is 1. The fourth-order valence-corrected chi connectivity index (χ4v) is 2.79. The first-order valence-corrected chi connectivity index (χ1v) is 5.77. The molecule has 1 heterocycles. The molecule has 0 amide bonds. The van der Waals surface area contributed by atoms with Crippen LogP contribution in [-0.4, -0.2) is 11.5 Å². The minimum absolute atomic E-state index is 1.02. The van der Waals surface area contributed by atoms with Crippen molar-refractivity contribution >= 4 is 11.8 Å². The van der Waals surface area contributed by atoms with Gasteiger partial charge in [0.05, 0.1) is 0 Å². The van der Waals surface area contributed by atoms with Crippen molar-refractivity contribution in [3.63, 3.8) is 0 Å². The predicted molar refractivity (Wildman–Crippen MR) is 54.1 cm³/mol. The van der Waals surface area contributed by atoms with E-state index in [4.69, 9.17) is 0 Å². The Labute approximate surface area is 74.5 Å². The third-order valence-electron chi connectivity index (χ3n) is 2.28. The SMILES string of the molecule is C=CCCCC1CCCSC1. The molecule has 1 atom stereocenters. The molecular formula is C10H18S. The van der Waals surface area contributed by atoms with Crippen LogP contribution in [0.25, 0.3) is 0 Å². The van der Waals surface area contributed by atoms with E-state index < -0.39 is 0 Å². The van der Waals surface area contributed by atoms with E-state index >= 15 is 0 Å². The van der Waals surface area contributed by atoms with E-state index in [1.165, 1.54) is 43.6 Å². The Morgan fingerprint density at radius 1 is 1.55 bits per heavy atom. The number of hydrogen-bond acceptors (Lipinski definition) is 1. The average Bonchev–Trinajstić information content (AvgIpc) is 2.07. The smallest absolute Gasteiger partial charge is 0.00391 e. The monoisotopic (exact) mass is 170 g/mol. The Morgan fingerprint density at radius 2 is 2.45 bits per heavy atom. The van der Waals surface area contributed by atoms with Crippen LogP contribution in [0, 0.1) is 5.92 Å². The topological polar surface area (TPSA) is 0 Å². The third kappa shape index (κ3) is 3.85. The Kier molecular flexibility index (Phi) is 4.76. The second-order valence-electron chi connectivity index (χ2n) is 3.30. The van der Waals surface area contributed by atoms with Crippen molar-refractivity contribution in [3.8, 4) is 0 Å². The normalized spacial score (nSPS) is 24.9. The molecule has 0 bridgehead atoms. The molecule has 0 nitrogen and oxygen atoms in total. The maximum Gasteiger partial charge on any atom is -0.00391 e. The zero-order valence-electron chi connectivity index (χ0n) is 7.22. The Balaban J connectivity index is 2.00. The molecule has 1 rings (SSSR count). The van der Waals surface area contributed by atoms with Crippen molar-refractivity contribution in [1.82, 2.24) is 0 Å². The van der Waals surface area contributed by atoms with Crippen LogP contribution in [0.15, 0.2) is 12.7 Å². The average molecular weight is 170 g/mol. The Bertz CT molecular complexity index is 103. The maximum absolute atomic E-state index is 3.74. The number of hydrogen-bond donors (Lipinski definition) is 0. The summed E-state index contributed by atoms with van der Waals surface area (Å²) in [5, 5.41) is 0. The van der Waals surface area contributed by atoms with Gasteiger partial charge in [-0.1, -0.05) is 6.08 Å². The van der Waals surface area contributed by atoms with Crippen LogP contribution in [-0.2, 0) is 0 Å². The zero-order valence-corrected chi connectivity index (χ0v) is 8.04. The van der Waals surface area contributed by atoms with E-state index in [-0.39, 0.29) is 0 Å². The molecular weight excluding hydrogens is 152 g/mol. The summed E-state index contributed by atoms with van der Waals surface area (Å²) < 4.78 is 0. The number of unbranched alkanes of at least 4 members (excludes halogenated alkanes) is 1. The maximum atomic E-state index is 3.74. The molecule has 0 aliphatic carbocycles. The largest absolute Gasteiger partial charge is 0.162 e. The summed E-state index contributed by atoms with van der Waals surface area (Å²) in [5.74, 6) is 3.84. The summed E-state index contributed by atoms with van der Waals surface area (Å²) in [7, 11) is 0. The quantitative estimate of drug-likeness (QED) is 0.460. The molecule has 1 unspecified atom stereocenters. The van der Waals surface area contributed by atoms with Crippen molar-refractivity contribution in [1.29, 1.82) is 0 Å². The molecule has 0 N–H and O–H groups in total. The lowest BCUT2D eigenvalue weighted by atomic mass is 9.99. The van der Waals surface area contributed by atoms with Gasteiger partial charge in [-0.05, 0) is 49.5 Å². The van der Waals surface area contributed by atoms with Gasteiger partial charge in [0, 0.05) is 0 Å². The van der Waals surface area contributed by atoms with Gasteiger partial charge >= 0.3 is 0 Å². The van der Waals surface area contributed by atoms with E-state index in [9.17, 15) is 0 Å². The van der Waals surface area contributed by atoms with Crippen LogP contribution < -0.4 is 0 Å². The molecule has 0 spiro atoms. The fourth-order valence-electron chi connectivity index (χ4n) is 1.59. The van der Waals surface area contributed by atoms with E-state index in [1.54, 1.807) is 0 Å². The van der Waals surface area contributed by atoms with Gasteiger partial charge < -0.3 is 0 Å². The zero-order chi connectivity index (χ0) is 7.94. The van der Waals surface area contributed by atoms with Crippen LogP contribution in [0.2, 0.25) is 0 Å². The van der Waals surface area contributed by atoms with Gasteiger partial charge in [-0.2, -0.15) is 11.8 Å². The fraction of sp³-hybridized carbons (Fsp3) is 0.800. The minimum atomic E-state index is 1.02. The predicted octanol–water partition coefficient (Wildman–Crippen LogP) is 3.49. The molecule has 11 heavy (non-hydrogen) atoms. The molecule has 1 heteroatoms. The van der Waals surface area contributed by atoms with Crippen LogP contribution in [0.4, 0.5) is 0 Å². The lowest BCUT2D eigenvalue weighted by molar-refractivity contribution is 0.471. The van der Waals surface area contributed by atoms with Crippen LogP contribution in [0.1, 0.15) is 32.1 Å². The summed E-state index contributed by atoms with van der Waals surface area (Å²) in [6.45, 7) is 3.74. The number of allylic oxidation sites excluding steroid dienone is 1. The summed E-state index contributed by atoms with van der Waals surface area (Å²) in [4.78, 5) is 0. The van der Waals surface area contributed by atoms with Gasteiger partial charge in [0.15, 0.2) is 0 Å². The van der Waals surface area contributed by atoms with Gasteiger partial charge in [0.25, 0.3) is 0 Å². The van der Waals surface area contributed by atoms with Crippen molar-refractivity contribution in [2.75, 3.05) is 11.5 Å². The van der Waals surface area contributed by atoms with Crippen molar-refractivity contribution in [2.24, 2.45) is 5.92 Å². The molecule has 0 aromatic heterocycles. The van der Waals surface area contributed by atoms with Crippen molar-refractivity contribution in [2.45, 2.75) is 32.1 Å². The molecule has 1 aliphatic rings. The summed E-state index contributed by atoms with van der Waals surface area (Å²) in [5.41, 5.74) is 0. The molecule has 0 saturated carbocycles. The third-order valence-corrected chi connectivity index (χ3v) is 3.56. The first-order chi connectivity index (χ1) is 5.43. The van der Waals surface area contributed by atoms with Crippen molar-refractivity contribution < 1.29 is 0 Å². The van der Waals surface area contributed by atoms with Gasteiger partial charge in [-0.25, -0.2) is 0 Å². The van der Waals surface area contributed by atoms with E-state index in [0.717, 1.165) is 5.92 Å². The lowest BCUT2D eigenvalue weighted by Crippen LogP contribution is -2.09. The molecule has 1 fully saturated rings. The van der Waals surface area contributed by atoms with E-state index in [1.807, 2.05) is 6.08 Å². The van der Waals surface area contributed by atoms with Crippen LogP contribution in [0.3, 0.4) is 0 Å². The van der Waals surface area contributed by atoms with Crippen molar-refractivity contribution in [3.05, 3.63) is 12.7 Å². The first kappa shape index (κ1) is 9.18.